The van der Waals surface area contributed by atoms with Gasteiger partial charge in [-0.3, -0.25) is 0 Å². The van der Waals surface area contributed by atoms with Crippen LogP contribution >= 0.6 is 0 Å². The van der Waals surface area contributed by atoms with Gasteiger partial charge in [0.2, 0.25) is 0 Å². The molecule has 1 aromatic rings. The fourth-order valence-electron chi connectivity index (χ4n) is 0.903. The molecule has 1 aromatic carbocycles. The van der Waals surface area contributed by atoms with E-state index >= 15 is 0 Å². The maximum Gasteiger partial charge on any atom is 0.260 e. The van der Waals surface area contributed by atoms with Gasteiger partial charge in [-0.15, -0.1) is 0 Å². The molecule has 0 aliphatic carbocycles. The van der Waals surface area contributed by atoms with Gasteiger partial charge in [-0.1, -0.05) is 37.3 Å². The lowest BCUT2D eigenvalue weighted by molar-refractivity contribution is -0.427. The Labute approximate surface area is 75.8 Å². The molecule has 1 atom stereocenters. The Hall–Kier alpha value is -0.0500. The van der Waals surface area contributed by atoms with Crippen LogP contribution in [0.3, 0.4) is 0 Å². The van der Waals surface area contributed by atoms with Crippen molar-refractivity contribution in [2.75, 3.05) is 0 Å². The molecule has 0 nitrogen and oxygen atoms in total. The lowest BCUT2D eigenvalue weighted by Gasteiger charge is -1.97. The van der Waals surface area contributed by atoms with Crippen molar-refractivity contribution < 1.29 is 22.6 Å². The Bertz CT molecular complexity index is 181. The number of hydrogen-bond donors (Lipinski definition) is 0. The van der Waals surface area contributed by atoms with E-state index in [0.717, 1.165) is 3.92 Å². The number of benzene rings is 1. The first kappa shape index (κ1) is 8.05. The molecule has 0 bridgehead atoms. The van der Waals surface area contributed by atoms with Crippen LogP contribution in [0.5, 0.6) is 0 Å². The highest BCUT2D eigenvalue weighted by Crippen LogP contribution is 2.08. The minimum Gasteiger partial charge on any atom is -0.0622 e. The van der Waals surface area contributed by atoms with Crippen LogP contribution in [0.2, 0.25) is 0 Å². The molecule has 0 heterocycles. The summed E-state index contributed by atoms with van der Waals surface area (Å²) in [6.07, 6.45) is 1.23. The topological polar surface area (TPSA) is 0 Å². The fourth-order valence-corrected chi connectivity index (χ4v) is 1.35. The first-order chi connectivity index (χ1) is 4.84. The zero-order chi connectivity index (χ0) is 7.40. The summed E-state index contributed by atoms with van der Waals surface area (Å²) in [6.45, 7) is 2.22. The molecular weight excluding hydrogens is 235 g/mol. The van der Waals surface area contributed by atoms with Crippen molar-refractivity contribution in [3.05, 3.63) is 35.9 Å². The van der Waals surface area contributed by atoms with E-state index in [1.54, 1.807) is 0 Å². The molecule has 54 valence electrons. The Morgan fingerprint density at radius 1 is 1.30 bits per heavy atom. The third-order valence-electron chi connectivity index (χ3n) is 1.54. The molecule has 0 aliphatic heterocycles. The standard InChI is InChI=1S/C9H12I/c1-2-9(10)8-6-4-3-5-7-8/h3-7,9-10H,2H2,1H3/q+1. The maximum absolute atomic E-state index is 2.22. The van der Waals surface area contributed by atoms with Crippen LogP contribution in [0.1, 0.15) is 22.8 Å². The van der Waals surface area contributed by atoms with E-state index < -0.39 is 0 Å². The summed E-state index contributed by atoms with van der Waals surface area (Å²) in [5, 5.41) is 0. The smallest absolute Gasteiger partial charge is 0.0622 e. The van der Waals surface area contributed by atoms with Gasteiger partial charge in [0.15, 0.2) is 3.92 Å². The second-order valence-corrected chi connectivity index (χ2v) is 3.93. The Morgan fingerprint density at radius 3 is 2.40 bits per heavy atom. The Morgan fingerprint density at radius 2 is 1.90 bits per heavy atom. The van der Waals surface area contributed by atoms with Crippen molar-refractivity contribution in [2.24, 2.45) is 0 Å². The van der Waals surface area contributed by atoms with Crippen molar-refractivity contribution >= 4 is 0 Å². The molecule has 0 amide bonds. The normalized spacial score (nSPS) is 13.0. The van der Waals surface area contributed by atoms with Gasteiger partial charge in [-0.25, -0.2) is 0 Å². The monoisotopic (exact) mass is 247 g/mol. The fraction of sp³-hybridized carbons (Fsp3) is 0.333. The average Bonchev–Trinajstić information content (AvgIpc) is 2.05. The summed E-state index contributed by atoms with van der Waals surface area (Å²) >= 11 is 2.19. The first-order valence-electron chi connectivity index (χ1n) is 3.55. The van der Waals surface area contributed by atoms with Gasteiger partial charge < -0.3 is 0 Å². The largest absolute Gasteiger partial charge is 0.260 e. The summed E-state index contributed by atoms with van der Waals surface area (Å²) in [5.41, 5.74) is 1.45. The molecule has 0 radical (unpaired) electrons. The molecule has 0 spiro atoms. The van der Waals surface area contributed by atoms with Crippen molar-refractivity contribution in [2.45, 2.75) is 17.3 Å². The van der Waals surface area contributed by atoms with Gasteiger partial charge >= 0.3 is 0 Å². The Kier molecular flexibility index (Phi) is 3.19. The number of hydrogen-bond acceptors (Lipinski definition) is 0. The van der Waals surface area contributed by atoms with Gasteiger partial charge in [0.25, 0.3) is 22.6 Å². The first-order valence-corrected chi connectivity index (χ1v) is 4.90. The van der Waals surface area contributed by atoms with E-state index in [1.807, 2.05) is 0 Å². The minimum absolute atomic E-state index is 0.719. The van der Waals surface area contributed by atoms with E-state index in [9.17, 15) is 0 Å². The van der Waals surface area contributed by atoms with Gasteiger partial charge in [0.1, 0.15) is 0 Å². The van der Waals surface area contributed by atoms with Crippen molar-refractivity contribution in [1.82, 2.24) is 0 Å². The second kappa shape index (κ2) is 3.96. The summed E-state index contributed by atoms with van der Waals surface area (Å²) in [7, 11) is 0. The lowest BCUT2D eigenvalue weighted by Crippen LogP contribution is -3.35. The highest BCUT2D eigenvalue weighted by molar-refractivity contribution is 5.16. The third kappa shape index (κ3) is 1.97. The quantitative estimate of drug-likeness (QED) is 0.484. The zero-order valence-electron chi connectivity index (χ0n) is 6.08. The summed E-state index contributed by atoms with van der Waals surface area (Å²) in [4.78, 5) is 0. The van der Waals surface area contributed by atoms with Crippen LogP contribution in [-0.2, 0) is 0 Å². The van der Waals surface area contributed by atoms with E-state index in [0.29, 0.717) is 0 Å². The lowest BCUT2D eigenvalue weighted by atomic mass is 10.1. The maximum atomic E-state index is 2.22. The minimum atomic E-state index is 0.719. The van der Waals surface area contributed by atoms with Crippen LogP contribution in [-0.4, -0.2) is 0 Å². The number of rotatable bonds is 2. The Balaban J connectivity index is 2.75. The number of halogens is 1. The molecule has 10 heavy (non-hydrogen) atoms. The van der Waals surface area contributed by atoms with Crippen molar-refractivity contribution in [3.8, 4) is 0 Å². The molecule has 0 aliphatic rings. The average molecular weight is 247 g/mol. The van der Waals surface area contributed by atoms with Crippen LogP contribution in [0.25, 0.3) is 0 Å². The molecule has 1 rings (SSSR count). The molecule has 0 fully saturated rings. The zero-order valence-corrected chi connectivity index (χ0v) is 8.41. The van der Waals surface area contributed by atoms with Gasteiger partial charge in [0.05, 0.1) is 0 Å². The molecule has 1 heteroatoms. The van der Waals surface area contributed by atoms with Crippen LogP contribution in [0.4, 0.5) is 0 Å². The highest BCUT2D eigenvalue weighted by Gasteiger charge is 2.10. The second-order valence-electron chi connectivity index (χ2n) is 2.31. The van der Waals surface area contributed by atoms with Crippen molar-refractivity contribution in [3.63, 3.8) is 0 Å². The summed E-state index contributed by atoms with van der Waals surface area (Å²) in [6, 6.07) is 10.6. The summed E-state index contributed by atoms with van der Waals surface area (Å²) in [5.74, 6) is 0. The van der Waals surface area contributed by atoms with E-state index in [-0.39, 0.29) is 0 Å². The molecular formula is C9H12I+. The number of alkyl halides is 1. The predicted molar refractivity (Wildman–Crippen MR) is 40.9 cm³/mol. The molecule has 1 unspecified atom stereocenters. The SMILES string of the molecule is CCC([IH+])c1ccccc1. The molecule has 0 saturated carbocycles. The molecule has 0 saturated heterocycles. The summed E-state index contributed by atoms with van der Waals surface area (Å²) < 4.78 is 0.719. The third-order valence-corrected chi connectivity index (χ3v) is 3.27. The highest BCUT2D eigenvalue weighted by atomic mass is 127. The molecule has 0 N–H and O–H groups in total. The van der Waals surface area contributed by atoms with Crippen LogP contribution < -0.4 is 22.6 Å². The van der Waals surface area contributed by atoms with E-state index in [1.165, 1.54) is 12.0 Å². The van der Waals surface area contributed by atoms with E-state index in [4.69, 9.17) is 0 Å². The predicted octanol–water partition coefficient (Wildman–Crippen LogP) is -0.577. The van der Waals surface area contributed by atoms with Crippen LogP contribution in [0, 0.1) is 0 Å². The van der Waals surface area contributed by atoms with Crippen LogP contribution in [0.15, 0.2) is 30.3 Å². The van der Waals surface area contributed by atoms with Gasteiger partial charge in [-0.2, -0.15) is 0 Å². The van der Waals surface area contributed by atoms with Gasteiger partial charge in [-0.05, 0) is 6.42 Å². The molecule has 0 aromatic heterocycles. The van der Waals surface area contributed by atoms with Gasteiger partial charge in [0, 0.05) is 5.56 Å². The van der Waals surface area contributed by atoms with E-state index in [2.05, 4.69) is 59.8 Å². The van der Waals surface area contributed by atoms with Crippen molar-refractivity contribution in [1.29, 1.82) is 0 Å².